The molecule has 1 aliphatic heterocycles. The zero-order chi connectivity index (χ0) is 21.7. The van der Waals surface area contributed by atoms with Crippen molar-refractivity contribution in [3.8, 4) is 0 Å². The van der Waals surface area contributed by atoms with Crippen LogP contribution in [0.2, 0.25) is 5.02 Å². The lowest BCUT2D eigenvalue weighted by Crippen LogP contribution is -2.37. The largest absolute Gasteiger partial charge is 0.348 e. The molecule has 3 rings (SSSR count). The maximum absolute atomic E-state index is 12.9. The van der Waals surface area contributed by atoms with E-state index in [0.29, 0.717) is 13.1 Å². The fraction of sp³-hybridized carbons (Fsp3) is 0.409. The molecule has 0 aliphatic carbocycles. The third-order valence-corrected chi connectivity index (χ3v) is 7.76. The number of hydrogen-bond donors (Lipinski definition) is 1. The second-order valence-electron chi connectivity index (χ2n) is 7.41. The minimum atomic E-state index is -3.66. The van der Waals surface area contributed by atoms with Crippen LogP contribution in [0.1, 0.15) is 36.2 Å². The van der Waals surface area contributed by atoms with Gasteiger partial charge in [0.1, 0.15) is 0 Å². The van der Waals surface area contributed by atoms with E-state index < -0.39 is 10.0 Å². The molecule has 1 heterocycles. The molecule has 1 amide bonds. The zero-order valence-electron chi connectivity index (χ0n) is 17.3. The first-order valence-electron chi connectivity index (χ1n) is 10.2. The molecule has 0 saturated carbocycles. The molecule has 1 N–H and O–H groups in total. The van der Waals surface area contributed by atoms with E-state index in [0.717, 1.165) is 26.1 Å². The third kappa shape index (κ3) is 5.21. The molecule has 1 unspecified atom stereocenters. The quantitative estimate of drug-likeness (QED) is 0.670. The zero-order valence-corrected chi connectivity index (χ0v) is 18.9. The van der Waals surface area contributed by atoms with Gasteiger partial charge in [-0.15, -0.1) is 0 Å². The van der Waals surface area contributed by atoms with Gasteiger partial charge in [-0.25, -0.2) is 8.42 Å². The Labute approximate surface area is 183 Å². The van der Waals surface area contributed by atoms with E-state index >= 15 is 0 Å². The monoisotopic (exact) mass is 449 g/mol. The molecule has 1 atom stereocenters. The molecule has 30 heavy (non-hydrogen) atoms. The van der Waals surface area contributed by atoms with E-state index in [1.165, 1.54) is 28.1 Å². The molecule has 1 aliphatic rings. The smallest absolute Gasteiger partial charge is 0.253 e. The number of rotatable bonds is 8. The molecule has 1 fully saturated rings. The Morgan fingerprint density at radius 2 is 1.87 bits per heavy atom. The predicted octanol–water partition coefficient (Wildman–Crippen LogP) is 3.37. The third-order valence-electron chi connectivity index (χ3n) is 5.38. The average Bonchev–Trinajstić information content (AvgIpc) is 3.16. The fourth-order valence-corrected chi connectivity index (χ4v) is 5.44. The lowest BCUT2D eigenvalue weighted by Gasteiger charge is -2.20. The van der Waals surface area contributed by atoms with Crippen LogP contribution in [0.25, 0.3) is 0 Å². The Bertz CT molecular complexity index is 978. The summed E-state index contributed by atoms with van der Waals surface area (Å²) in [6.07, 6.45) is 0.841. The van der Waals surface area contributed by atoms with Crippen molar-refractivity contribution in [2.45, 2.75) is 37.8 Å². The lowest BCUT2D eigenvalue weighted by atomic mass is 10.2. The van der Waals surface area contributed by atoms with Gasteiger partial charge in [-0.2, -0.15) is 4.31 Å². The predicted molar refractivity (Wildman–Crippen MR) is 119 cm³/mol. The highest BCUT2D eigenvalue weighted by Crippen LogP contribution is 2.24. The minimum Gasteiger partial charge on any atom is -0.348 e. The summed E-state index contributed by atoms with van der Waals surface area (Å²) in [6.45, 7) is 6.77. The fourth-order valence-electron chi connectivity index (χ4n) is 3.75. The van der Waals surface area contributed by atoms with Crippen molar-refractivity contribution in [3.63, 3.8) is 0 Å². The van der Waals surface area contributed by atoms with Crippen LogP contribution in [0.15, 0.2) is 53.4 Å². The van der Waals surface area contributed by atoms with Crippen molar-refractivity contribution in [1.82, 2.24) is 14.5 Å². The van der Waals surface area contributed by atoms with Gasteiger partial charge in [0.25, 0.3) is 5.91 Å². The molecule has 1 saturated heterocycles. The average molecular weight is 450 g/mol. The highest BCUT2D eigenvalue weighted by molar-refractivity contribution is 7.89. The Morgan fingerprint density at radius 3 is 2.53 bits per heavy atom. The van der Waals surface area contributed by atoms with Gasteiger partial charge in [-0.1, -0.05) is 55.8 Å². The number of halogens is 1. The van der Waals surface area contributed by atoms with Gasteiger partial charge in [-0.3, -0.25) is 9.69 Å². The first-order chi connectivity index (χ1) is 14.3. The van der Waals surface area contributed by atoms with Gasteiger partial charge >= 0.3 is 0 Å². The number of amides is 1. The van der Waals surface area contributed by atoms with Crippen molar-refractivity contribution in [2.75, 3.05) is 26.2 Å². The normalized spacial score (nSPS) is 17.4. The lowest BCUT2D eigenvalue weighted by molar-refractivity contribution is 0.0937. The number of hydrogen-bond acceptors (Lipinski definition) is 4. The van der Waals surface area contributed by atoms with E-state index in [1.807, 2.05) is 18.2 Å². The van der Waals surface area contributed by atoms with Gasteiger partial charge in [0.2, 0.25) is 10.0 Å². The second-order valence-corrected chi connectivity index (χ2v) is 9.76. The topological polar surface area (TPSA) is 69.7 Å². The molecule has 0 aromatic heterocycles. The Balaban J connectivity index is 1.68. The molecule has 2 aromatic carbocycles. The van der Waals surface area contributed by atoms with Crippen molar-refractivity contribution in [1.29, 1.82) is 0 Å². The van der Waals surface area contributed by atoms with Crippen LogP contribution in [-0.4, -0.2) is 55.8 Å². The van der Waals surface area contributed by atoms with Gasteiger partial charge in [-0.05, 0) is 30.2 Å². The first kappa shape index (κ1) is 22.7. The standard InChI is InChI=1S/C22H28ClN3O3S/c1-3-26(4-2)30(28,29)19-10-11-21(23)20(14-19)22(27)24-18-12-13-25(16-18)15-17-8-6-5-7-9-17/h5-11,14,18H,3-4,12-13,15-16H2,1-2H3,(H,24,27). The summed E-state index contributed by atoms with van der Waals surface area (Å²) in [6, 6.07) is 14.5. The summed E-state index contributed by atoms with van der Waals surface area (Å²) in [5.41, 5.74) is 1.42. The minimum absolute atomic E-state index is 0.000300. The maximum atomic E-state index is 12.9. The van der Waals surface area contributed by atoms with Crippen molar-refractivity contribution in [2.24, 2.45) is 0 Å². The highest BCUT2D eigenvalue weighted by Gasteiger charge is 2.27. The number of nitrogens with zero attached hydrogens (tertiary/aromatic N) is 2. The van der Waals surface area contributed by atoms with Crippen molar-refractivity contribution in [3.05, 3.63) is 64.7 Å². The summed E-state index contributed by atoms with van der Waals surface area (Å²) in [4.78, 5) is 15.2. The first-order valence-corrected chi connectivity index (χ1v) is 12.0. The summed E-state index contributed by atoms with van der Waals surface area (Å²) < 4.78 is 26.9. The molecular weight excluding hydrogens is 422 g/mol. The molecule has 162 valence electrons. The van der Waals surface area contributed by atoms with Crippen molar-refractivity contribution >= 4 is 27.5 Å². The SMILES string of the molecule is CCN(CC)S(=O)(=O)c1ccc(Cl)c(C(=O)NC2CCN(Cc3ccccc3)C2)c1. The van der Waals surface area contributed by atoms with E-state index in [-0.39, 0.29) is 27.4 Å². The van der Waals surface area contributed by atoms with Gasteiger partial charge in [0, 0.05) is 38.8 Å². The van der Waals surface area contributed by atoms with Crippen LogP contribution in [0.4, 0.5) is 0 Å². The summed E-state index contributed by atoms with van der Waals surface area (Å²) in [5, 5.41) is 3.26. The molecular formula is C22H28ClN3O3S. The highest BCUT2D eigenvalue weighted by atomic mass is 35.5. The van der Waals surface area contributed by atoms with E-state index in [2.05, 4.69) is 22.3 Å². The summed E-state index contributed by atoms with van der Waals surface area (Å²) in [7, 11) is -3.66. The van der Waals surface area contributed by atoms with E-state index in [9.17, 15) is 13.2 Å². The summed E-state index contributed by atoms with van der Waals surface area (Å²) >= 11 is 6.23. The molecule has 6 nitrogen and oxygen atoms in total. The molecule has 0 bridgehead atoms. The van der Waals surface area contributed by atoms with Gasteiger partial charge in [0.15, 0.2) is 0 Å². The van der Waals surface area contributed by atoms with E-state index in [4.69, 9.17) is 11.6 Å². The van der Waals surface area contributed by atoms with Crippen LogP contribution in [0, 0.1) is 0 Å². The van der Waals surface area contributed by atoms with Crippen LogP contribution in [0.5, 0.6) is 0 Å². The van der Waals surface area contributed by atoms with Gasteiger partial charge in [0.05, 0.1) is 15.5 Å². The number of benzene rings is 2. The maximum Gasteiger partial charge on any atom is 0.253 e. The molecule has 8 heteroatoms. The van der Waals surface area contributed by atoms with Crippen LogP contribution >= 0.6 is 11.6 Å². The van der Waals surface area contributed by atoms with Crippen molar-refractivity contribution < 1.29 is 13.2 Å². The molecule has 0 spiro atoms. The second kappa shape index (κ2) is 9.92. The number of nitrogens with one attached hydrogen (secondary N) is 1. The number of likely N-dealkylation sites (tertiary alicyclic amines) is 1. The number of carbonyl (C=O) groups excluding carboxylic acids is 1. The van der Waals surface area contributed by atoms with Crippen LogP contribution in [-0.2, 0) is 16.6 Å². The van der Waals surface area contributed by atoms with Gasteiger partial charge < -0.3 is 5.32 Å². The number of carbonyl (C=O) groups is 1. The molecule has 0 radical (unpaired) electrons. The Morgan fingerprint density at radius 1 is 1.17 bits per heavy atom. The van der Waals surface area contributed by atoms with E-state index in [1.54, 1.807) is 13.8 Å². The summed E-state index contributed by atoms with van der Waals surface area (Å²) in [5.74, 6) is -0.344. The Kier molecular flexibility index (Phi) is 7.52. The molecule has 2 aromatic rings. The van der Waals surface area contributed by atoms with Crippen LogP contribution in [0.3, 0.4) is 0 Å². The van der Waals surface area contributed by atoms with Crippen LogP contribution < -0.4 is 5.32 Å². The number of sulfonamides is 1. The Hall–Kier alpha value is -1.93.